The third-order valence-corrected chi connectivity index (χ3v) is 2.78. The molecule has 0 unspecified atom stereocenters. The van der Waals surface area contributed by atoms with Gasteiger partial charge in [0, 0.05) is 11.6 Å². The molecule has 1 aromatic heterocycles. The third kappa shape index (κ3) is 1.26. The molecule has 0 aliphatic carbocycles. The summed E-state index contributed by atoms with van der Waals surface area (Å²) in [5, 5.41) is 1.30. The lowest BCUT2D eigenvalue weighted by molar-refractivity contribution is 0.636. The van der Waals surface area contributed by atoms with E-state index in [1.807, 2.05) is 13.8 Å². The van der Waals surface area contributed by atoms with E-state index in [1.165, 1.54) is 6.07 Å². The average molecular weight is 210 g/mol. The molecule has 1 nitrogen and oxygen atoms in total. The Morgan fingerprint density at radius 1 is 1.21 bits per heavy atom. The summed E-state index contributed by atoms with van der Waals surface area (Å²) in [7, 11) is 0. The lowest BCUT2D eigenvalue weighted by atomic mass is 10.1. The van der Waals surface area contributed by atoms with Crippen molar-refractivity contribution in [3.8, 4) is 0 Å². The van der Waals surface area contributed by atoms with E-state index in [0.29, 0.717) is 15.9 Å². The summed E-state index contributed by atoms with van der Waals surface area (Å²) in [6, 6.07) is 3.13. The van der Waals surface area contributed by atoms with Gasteiger partial charge in [0.15, 0.2) is 0 Å². The molecular weight excluding hydrogens is 201 g/mol. The van der Waals surface area contributed by atoms with Gasteiger partial charge in [0.25, 0.3) is 0 Å². The summed E-state index contributed by atoms with van der Waals surface area (Å²) >= 11 is 6.10. The van der Waals surface area contributed by atoms with Crippen LogP contribution in [0.3, 0.4) is 0 Å². The second-order valence-corrected chi connectivity index (χ2v) is 3.72. The van der Waals surface area contributed by atoms with Crippen LogP contribution in [0.2, 0.25) is 5.02 Å². The van der Waals surface area contributed by atoms with Crippen LogP contribution >= 0.6 is 11.6 Å². The molecule has 2 rings (SSSR count). The van der Waals surface area contributed by atoms with E-state index in [2.05, 4.69) is 4.98 Å². The second-order valence-electron chi connectivity index (χ2n) is 3.34. The standard InChI is InChI=1S/C11H9ClFN/c1-6-3-4-8(13)11-9(6)10(12)7(2)5-14-11/h3-5H,1-2H3. The smallest absolute Gasteiger partial charge is 0.149 e. The summed E-state index contributed by atoms with van der Waals surface area (Å²) in [6.07, 6.45) is 1.59. The first-order valence-corrected chi connectivity index (χ1v) is 4.69. The minimum absolute atomic E-state index is 0.326. The molecule has 0 bridgehead atoms. The van der Waals surface area contributed by atoms with Gasteiger partial charge in [-0.1, -0.05) is 17.7 Å². The van der Waals surface area contributed by atoms with Crippen LogP contribution in [0.1, 0.15) is 11.1 Å². The van der Waals surface area contributed by atoms with Gasteiger partial charge in [-0.25, -0.2) is 4.39 Å². The van der Waals surface area contributed by atoms with Crippen molar-refractivity contribution < 1.29 is 4.39 Å². The van der Waals surface area contributed by atoms with Crippen LogP contribution in [0.15, 0.2) is 18.3 Å². The number of rotatable bonds is 0. The summed E-state index contributed by atoms with van der Waals surface area (Å²) in [5.74, 6) is -0.326. The first-order chi connectivity index (χ1) is 6.61. The van der Waals surface area contributed by atoms with E-state index < -0.39 is 0 Å². The largest absolute Gasteiger partial charge is 0.253 e. The van der Waals surface area contributed by atoms with Crippen molar-refractivity contribution in [2.75, 3.05) is 0 Å². The monoisotopic (exact) mass is 209 g/mol. The van der Waals surface area contributed by atoms with Crippen LogP contribution in [-0.2, 0) is 0 Å². The maximum absolute atomic E-state index is 13.4. The molecule has 2 aromatic rings. The van der Waals surface area contributed by atoms with E-state index in [-0.39, 0.29) is 5.82 Å². The number of pyridine rings is 1. The Hall–Kier alpha value is -1.15. The highest BCUT2D eigenvalue weighted by Gasteiger charge is 2.09. The number of aryl methyl sites for hydroxylation is 2. The molecule has 14 heavy (non-hydrogen) atoms. The SMILES string of the molecule is Cc1cnc2c(F)ccc(C)c2c1Cl. The molecule has 0 N–H and O–H groups in total. The van der Waals surface area contributed by atoms with E-state index in [1.54, 1.807) is 12.3 Å². The summed E-state index contributed by atoms with van der Waals surface area (Å²) in [5.41, 5.74) is 2.16. The molecule has 0 fully saturated rings. The van der Waals surface area contributed by atoms with Crippen LogP contribution in [-0.4, -0.2) is 4.98 Å². The highest BCUT2D eigenvalue weighted by Crippen LogP contribution is 2.29. The molecule has 0 amide bonds. The summed E-state index contributed by atoms with van der Waals surface area (Å²) in [6.45, 7) is 3.76. The Morgan fingerprint density at radius 2 is 1.93 bits per heavy atom. The number of halogens is 2. The van der Waals surface area contributed by atoms with Gasteiger partial charge in [-0.3, -0.25) is 4.98 Å². The van der Waals surface area contributed by atoms with Gasteiger partial charge in [-0.05, 0) is 31.0 Å². The van der Waals surface area contributed by atoms with Gasteiger partial charge >= 0.3 is 0 Å². The Kier molecular flexibility index (Phi) is 2.16. The topological polar surface area (TPSA) is 12.9 Å². The van der Waals surface area contributed by atoms with Crippen molar-refractivity contribution in [1.82, 2.24) is 4.98 Å². The van der Waals surface area contributed by atoms with Crippen LogP contribution in [0.25, 0.3) is 10.9 Å². The minimum atomic E-state index is -0.326. The fourth-order valence-electron chi connectivity index (χ4n) is 1.49. The van der Waals surface area contributed by atoms with Gasteiger partial charge < -0.3 is 0 Å². The van der Waals surface area contributed by atoms with E-state index in [4.69, 9.17) is 11.6 Å². The quantitative estimate of drug-likeness (QED) is 0.646. The normalized spacial score (nSPS) is 10.9. The fraction of sp³-hybridized carbons (Fsp3) is 0.182. The Labute approximate surface area is 86.5 Å². The molecule has 0 saturated heterocycles. The summed E-state index contributed by atoms with van der Waals surface area (Å²) < 4.78 is 13.4. The van der Waals surface area contributed by atoms with Gasteiger partial charge in [0.1, 0.15) is 11.3 Å². The summed E-state index contributed by atoms with van der Waals surface area (Å²) in [4.78, 5) is 4.04. The molecule has 0 spiro atoms. The zero-order chi connectivity index (χ0) is 10.3. The van der Waals surface area contributed by atoms with Gasteiger partial charge in [0.05, 0.1) is 5.02 Å². The van der Waals surface area contributed by atoms with Gasteiger partial charge in [-0.15, -0.1) is 0 Å². The number of aromatic nitrogens is 1. The predicted octanol–water partition coefficient (Wildman–Crippen LogP) is 3.64. The molecule has 0 aliphatic rings. The van der Waals surface area contributed by atoms with Crippen molar-refractivity contribution in [2.45, 2.75) is 13.8 Å². The zero-order valence-corrected chi connectivity index (χ0v) is 8.69. The number of hydrogen-bond acceptors (Lipinski definition) is 1. The first kappa shape index (κ1) is 9.41. The zero-order valence-electron chi connectivity index (χ0n) is 7.94. The van der Waals surface area contributed by atoms with Gasteiger partial charge in [-0.2, -0.15) is 0 Å². The molecule has 0 atom stereocenters. The van der Waals surface area contributed by atoms with Crippen molar-refractivity contribution in [3.63, 3.8) is 0 Å². The maximum Gasteiger partial charge on any atom is 0.149 e. The van der Waals surface area contributed by atoms with Crippen molar-refractivity contribution >= 4 is 22.5 Å². The fourth-order valence-corrected chi connectivity index (χ4v) is 1.77. The predicted molar refractivity (Wildman–Crippen MR) is 56.2 cm³/mol. The molecule has 72 valence electrons. The van der Waals surface area contributed by atoms with Crippen molar-refractivity contribution in [1.29, 1.82) is 0 Å². The minimum Gasteiger partial charge on any atom is -0.253 e. The molecule has 3 heteroatoms. The lowest BCUT2D eigenvalue weighted by Crippen LogP contribution is -1.90. The molecule has 1 heterocycles. The van der Waals surface area contributed by atoms with Crippen molar-refractivity contribution in [2.24, 2.45) is 0 Å². The number of benzene rings is 1. The third-order valence-electron chi connectivity index (χ3n) is 2.29. The Morgan fingerprint density at radius 3 is 2.64 bits per heavy atom. The number of nitrogens with zero attached hydrogens (tertiary/aromatic N) is 1. The second kappa shape index (κ2) is 3.21. The van der Waals surface area contributed by atoms with E-state index >= 15 is 0 Å². The Bertz CT molecular complexity index is 508. The van der Waals surface area contributed by atoms with Crippen LogP contribution < -0.4 is 0 Å². The molecular formula is C11H9ClFN. The highest BCUT2D eigenvalue weighted by atomic mass is 35.5. The highest BCUT2D eigenvalue weighted by molar-refractivity contribution is 6.36. The average Bonchev–Trinajstić information content (AvgIpc) is 2.16. The Balaban J connectivity index is 3.01. The van der Waals surface area contributed by atoms with Crippen LogP contribution in [0.5, 0.6) is 0 Å². The maximum atomic E-state index is 13.4. The van der Waals surface area contributed by atoms with Gasteiger partial charge in [0.2, 0.25) is 0 Å². The molecule has 0 radical (unpaired) electrons. The number of fused-ring (bicyclic) bond motifs is 1. The first-order valence-electron chi connectivity index (χ1n) is 4.31. The lowest BCUT2D eigenvalue weighted by Gasteiger charge is -2.06. The molecule has 0 saturated carbocycles. The molecule has 1 aromatic carbocycles. The van der Waals surface area contributed by atoms with E-state index in [0.717, 1.165) is 11.1 Å². The van der Waals surface area contributed by atoms with Crippen LogP contribution in [0, 0.1) is 19.7 Å². The molecule has 0 aliphatic heterocycles. The van der Waals surface area contributed by atoms with E-state index in [9.17, 15) is 4.39 Å². The van der Waals surface area contributed by atoms with Crippen LogP contribution in [0.4, 0.5) is 4.39 Å². The van der Waals surface area contributed by atoms with Crippen molar-refractivity contribution in [3.05, 3.63) is 40.3 Å². The number of hydrogen-bond donors (Lipinski definition) is 0.